The minimum Gasteiger partial charge on any atom is -0.478 e. The standard InChI is InChI=1S/C16H20N2O7/c1-4-13-16(20)17(8-15(19)24-10(2)9-23-3)12-7-11(18(21)22)5-6-14(12)25-13/h5-7,10,13H,4,8-9H2,1-3H3. The van der Waals surface area contributed by atoms with Gasteiger partial charge in [-0.3, -0.25) is 24.6 Å². The molecule has 2 unspecified atom stereocenters. The first-order chi connectivity index (χ1) is 11.9. The van der Waals surface area contributed by atoms with Gasteiger partial charge in [0.2, 0.25) is 0 Å². The lowest BCUT2D eigenvalue weighted by Crippen LogP contribution is -2.48. The Bertz CT molecular complexity index is 676. The van der Waals surface area contributed by atoms with E-state index in [0.717, 1.165) is 0 Å². The first-order valence-electron chi connectivity index (χ1n) is 7.82. The molecule has 9 nitrogen and oxygen atoms in total. The molecule has 0 aromatic heterocycles. The van der Waals surface area contributed by atoms with Crippen molar-refractivity contribution in [2.75, 3.05) is 25.2 Å². The summed E-state index contributed by atoms with van der Waals surface area (Å²) < 4.78 is 15.6. The molecule has 25 heavy (non-hydrogen) atoms. The lowest BCUT2D eigenvalue weighted by molar-refractivity contribution is -0.384. The van der Waals surface area contributed by atoms with Crippen LogP contribution in [0.5, 0.6) is 5.75 Å². The van der Waals surface area contributed by atoms with Gasteiger partial charge in [0, 0.05) is 19.2 Å². The Morgan fingerprint density at radius 3 is 2.80 bits per heavy atom. The Hall–Kier alpha value is -2.68. The third kappa shape index (κ3) is 4.24. The highest BCUT2D eigenvalue weighted by Crippen LogP contribution is 2.37. The first-order valence-corrected chi connectivity index (χ1v) is 7.82. The van der Waals surface area contributed by atoms with Gasteiger partial charge in [0.15, 0.2) is 6.10 Å². The number of benzene rings is 1. The molecule has 2 rings (SSSR count). The zero-order chi connectivity index (χ0) is 18.6. The Kier molecular flexibility index (Phi) is 5.92. The third-order valence-corrected chi connectivity index (χ3v) is 3.65. The molecule has 1 aliphatic heterocycles. The minimum absolute atomic E-state index is 0.181. The first kappa shape index (κ1) is 18.7. The van der Waals surface area contributed by atoms with E-state index in [9.17, 15) is 19.7 Å². The van der Waals surface area contributed by atoms with Gasteiger partial charge in [0.25, 0.3) is 11.6 Å². The topological polar surface area (TPSA) is 108 Å². The largest absolute Gasteiger partial charge is 0.478 e. The van der Waals surface area contributed by atoms with Crippen molar-refractivity contribution >= 4 is 23.3 Å². The van der Waals surface area contributed by atoms with Crippen molar-refractivity contribution in [3.8, 4) is 5.75 Å². The number of rotatable bonds is 7. The maximum Gasteiger partial charge on any atom is 0.326 e. The molecule has 1 heterocycles. The lowest BCUT2D eigenvalue weighted by Gasteiger charge is -2.33. The maximum atomic E-state index is 12.5. The second-order valence-corrected chi connectivity index (χ2v) is 5.60. The van der Waals surface area contributed by atoms with Crippen molar-refractivity contribution in [2.24, 2.45) is 0 Å². The smallest absolute Gasteiger partial charge is 0.326 e. The van der Waals surface area contributed by atoms with Crippen molar-refractivity contribution in [3.63, 3.8) is 0 Å². The fourth-order valence-corrected chi connectivity index (χ4v) is 2.51. The van der Waals surface area contributed by atoms with Crippen LogP contribution in [0.15, 0.2) is 18.2 Å². The summed E-state index contributed by atoms with van der Waals surface area (Å²) in [5, 5.41) is 11.0. The summed E-state index contributed by atoms with van der Waals surface area (Å²) in [6.45, 7) is 3.30. The molecule has 0 radical (unpaired) electrons. The molecule has 0 bridgehead atoms. The van der Waals surface area contributed by atoms with E-state index in [-0.39, 0.29) is 24.5 Å². The molecule has 0 aliphatic carbocycles. The number of ether oxygens (including phenoxy) is 3. The van der Waals surface area contributed by atoms with Crippen LogP contribution in [0, 0.1) is 10.1 Å². The van der Waals surface area contributed by atoms with Crippen molar-refractivity contribution < 1.29 is 28.7 Å². The summed E-state index contributed by atoms with van der Waals surface area (Å²) >= 11 is 0. The van der Waals surface area contributed by atoms with Gasteiger partial charge in [-0.2, -0.15) is 0 Å². The van der Waals surface area contributed by atoms with E-state index in [1.807, 2.05) is 0 Å². The summed E-state index contributed by atoms with van der Waals surface area (Å²) in [6, 6.07) is 3.93. The fourth-order valence-electron chi connectivity index (χ4n) is 2.51. The molecular weight excluding hydrogens is 332 g/mol. The van der Waals surface area contributed by atoms with Crippen LogP contribution in [0.3, 0.4) is 0 Å². The quantitative estimate of drug-likeness (QED) is 0.417. The van der Waals surface area contributed by atoms with Gasteiger partial charge in [-0.25, -0.2) is 0 Å². The highest BCUT2D eigenvalue weighted by Gasteiger charge is 2.36. The number of hydrogen-bond acceptors (Lipinski definition) is 7. The van der Waals surface area contributed by atoms with Crippen molar-refractivity contribution in [1.82, 2.24) is 0 Å². The normalized spacial score (nSPS) is 17.5. The molecule has 0 fully saturated rings. The van der Waals surface area contributed by atoms with E-state index < -0.39 is 29.0 Å². The number of fused-ring (bicyclic) bond motifs is 1. The number of anilines is 1. The Balaban J connectivity index is 2.28. The molecule has 2 atom stereocenters. The van der Waals surface area contributed by atoms with Crippen LogP contribution in [0.25, 0.3) is 0 Å². The number of methoxy groups -OCH3 is 1. The molecule has 1 aromatic rings. The van der Waals surface area contributed by atoms with Crippen LogP contribution in [0.1, 0.15) is 20.3 Å². The van der Waals surface area contributed by atoms with E-state index in [4.69, 9.17) is 14.2 Å². The molecule has 1 aromatic carbocycles. The molecule has 0 saturated heterocycles. The maximum absolute atomic E-state index is 12.5. The van der Waals surface area contributed by atoms with Crippen LogP contribution in [0.2, 0.25) is 0 Å². The van der Waals surface area contributed by atoms with Crippen LogP contribution >= 0.6 is 0 Å². The fraction of sp³-hybridized carbons (Fsp3) is 0.500. The van der Waals surface area contributed by atoms with Crippen LogP contribution < -0.4 is 9.64 Å². The van der Waals surface area contributed by atoms with E-state index in [2.05, 4.69) is 0 Å². The monoisotopic (exact) mass is 352 g/mol. The van der Waals surface area contributed by atoms with E-state index in [0.29, 0.717) is 12.2 Å². The minimum atomic E-state index is -0.752. The Morgan fingerprint density at radius 1 is 1.48 bits per heavy atom. The van der Waals surface area contributed by atoms with Crippen molar-refractivity contribution in [1.29, 1.82) is 0 Å². The predicted octanol–water partition coefficient (Wildman–Crippen LogP) is 1.68. The van der Waals surface area contributed by atoms with Crippen LogP contribution in [-0.4, -0.2) is 49.3 Å². The van der Waals surface area contributed by atoms with E-state index in [1.54, 1.807) is 13.8 Å². The average molecular weight is 352 g/mol. The van der Waals surface area contributed by atoms with Gasteiger partial charge >= 0.3 is 5.97 Å². The third-order valence-electron chi connectivity index (χ3n) is 3.65. The van der Waals surface area contributed by atoms with Crippen molar-refractivity contribution in [3.05, 3.63) is 28.3 Å². The van der Waals surface area contributed by atoms with Crippen LogP contribution in [0.4, 0.5) is 11.4 Å². The summed E-state index contributed by atoms with van der Waals surface area (Å²) in [5.41, 5.74) is -0.0172. The average Bonchev–Trinajstić information content (AvgIpc) is 2.56. The zero-order valence-corrected chi connectivity index (χ0v) is 14.3. The predicted molar refractivity (Wildman–Crippen MR) is 87.6 cm³/mol. The second kappa shape index (κ2) is 7.93. The van der Waals surface area contributed by atoms with E-state index >= 15 is 0 Å². The van der Waals surface area contributed by atoms with E-state index in [1.165, 1.54) is 30.2 Å². The number of amides is 1. The van der Waals surface area contributed by atoms with Gasteiger partial charge in [-0.1, -0.05) is 6.92 Å². The number of carbonyl (C=O) groups is 2. The molecule has 1 aliphatic rings. The zero-order valence-electron chi connectivity index (χ0n) is 14.3. The SMILES string of the molecule is CCC1Oc2ccc([N+](=O)[O-])cc2N(CC(=O)OC(C)COC)C1=O. The molecule has 0 saturated carbocycles. The lowest BCUT2D eigenvalue weighted by atomic mass is 10.1. The van der Waals surface area contributed by atoms with Gasteiger partial charge in [-0.15, -0.1) is 0 Å². The molecule has 136 valence electrons. The molecule has 1 amide bonds. The number of nitrogens with zero attached hydrogens (tertiary/aromatic N) is 2. The van der Waals surface area contributed by atoms with Gasteiger partial charge in [0.05, 0.1) is 17.2 Å². The molecular formula is C16H20N2O7. The van der Waals surface area contributed by atoms with Gasteiger partial charge in [0.1, 0.15) is 18.4 Å². The Morgan fingerprint density at radius 2 is 2.20 bits per heavy atom. The highest BCUT2D eigenvalue weighted by atomic mass is 16.6. The number of esters is 1. The Labute approximate surface area is 144 Å². The number of non-ortho nitro benzene ring substituents is 1. The number of nitro groups is 1. The summed E-state index contributed by atoms with van der Waals surface area (Å²) in [5.74, 6) is -0.756. The van der Waals surface area contributed by atoms with Crippen LogP contribution in [-0.2, 0) is 19.1 Å². The number of carbonyl (C=O) groups excluding carboxylic acids is 2. The second-order valence-electron chi connectivity index (χ2n) is 5.60. The summed E-state index contributed by atoms with van der Waals surface area (Å²) in [7, 11) is 1.48. The van der Waals surface area contributed by atoms with Gasteiger partial charge in [-0.05, 0) is 19.4 Å². The molecule has 0 N–H and O–H groups in total. The number of hydrogen-bond donors (Lipinski definition) is 0. The summed E-state index contributed by atoms with van der Waals surface area (Å²) in [4.78, 5) is 36.2. The summed E-state index contributed by atoms with van der Waals surface area (Å²) in [6.07, 6.45) is -0.820. The van der Waals surface area contributed by atoms with Gasteiger partial charge < -0.3 is 14.2 Å². The molecule has 9 heteroatoms. The highest BCUT2D eigenvalue weighted by molar-refractivity contribution is 6.03. The number of nitro benzene ring substituents is 1. The van der Waals surface area contributed by atoms with Crippen molar-refractivity contribution in [2.45, 2.75) is 32.5 Å². The molecule has 0 spiro atoms.